The van der Waals surface area contributed by atoms with Crippen LogP contribution in [0.25, 0.3) is 10.8 Å². The van der Waals surface area contributed by atoms with Gasteiger partial charge in [-0.1, -0.05) is 42.5 Å². The van der Waals surface area contributed by atoms with Crippen LogP contribution in [-0.2, 0) is 21.4 Å². The number of piperidine rings is 1. The molecule has 3 aromatic carbocycles. The Balaban J connectivity index is 1.48. The minimum atomic E-state index is -4.00. The van der Waals surface area contributed by atoms with Gasteiger partial charge in [-0.15, -0.1) is 0 Å². The molecule has 1 amide bonds. The van der Waals surface area contributed by atoms with Gasteiger partial charge in [-0.2, -0.15) is 4.31 Å². The largest absolute Gasteiger partial charge is 0.495 e. The van der Waals surface area contributed by atoms with Gasteiger partial charge in [-0.25, -0.2) is 12.8 Å². The van der Waals surface area contributed by atoms with Crippen LogP contribution >= 0.6 is 0 Å². The quantitative estimate of drug-likeness (QED) is 0.614. The maximum Gasteiger partial charge on any atom is 0.246 e. The minimum Gasteiger partial charge on any atom is -0.495 e. The number of fused-ring (bicyclic) bond motifs is 1. The van der Waals surface area contributed by atoms with Crippen LogP contribution < -0.4 is 10.1 Å². The van der Waals surface area contributed by atoms with Gasteiger partial charge in [0.15, 0.2) is 0 Å². The zero-order valence-electron chi connectivity index (χ0n) is 17.8. The molecular formula is C24H25FN2O4S. The summed E-state index contributed by atoms with van der Waals surface area (Å²) < 4.78 is 46.4. The maximum absolute atomic E-state index is 13.8. The standard InChI is InChI=1S/C24H25FN2O4S/c1-31-22-12-11-20(25)14-23(22)32(29,30)27-13-5-9-19(16-27)24(28)26-15-18-8-4-7-17-6-2-3-10-21(17)18/h2-4,6-8,10-12,14,19H,5,9,13,15-16H2,1H3,(H,26,28). The fourth-order valence-electron chi connectivity index (χ4n) is 4.14. The molecule has 1 fully saturated rings. The summed E-state index contributed by atoms with van der Waals surface area (Å²) in [6.07, 6.45) is 1.14. The molecule has 32 heavy (non-hydrogen) atoms. The molecule has 1 aliphatic rings. The second-order valence-electron chi connectivity index (χ2n) is 7.85. The first-order valence-electron chi connectivity index (χ1n) is 10.5. The molecule has 0 spiro atoms. The monoisotopic (exact) mass is 456 g/mol. The topological polar surface area (TPSA) is 75.7 Å². The van der Waals surface area contributed by atoms with E-state index in [-0.39, 0.29) is 29.6 Å². The van der Waals surface area contributed by atoms with Gasteiger partial charge in [-0.05, 0) is 47.4 Å². The normalized spacial score (nSPS) is 17.2. The third-order valence-electron chi connectivity index (χ3n) is 5.83. The summed E-state index contributed by atoms with van der Waals surface area (Å²) in [5, 5.41) is 5.13. The smallest absolute Gasteiger partial charge is 0.246 e. The van der Waals surface area contributed by atoms with Crippen LogP contribution in [0, 0.1) is 11.7 Å². The molecule has 1 N–H and O–H groups in total. The molecule has 1 atom stereocenters. The number of ether oxygens (including phenoxy) is 1. The summed E-state index contributed by atoms with van der Waals surface area (Å²) >= 11 is 0. The average Bonchev–Trinajstić information content (AvgIpc) is 2.82. The van der Waals surface area contributed by atoms with Gasteiger partial charge in [0.25, 0.3) is 0 Å². The summed E-state index contributed by atoms with van der Waals surface area (Å²) in [5.74, 6) is -1.25. The third kappa shape index (κ3) is 4.47. The Labute approximate surface area is 187 Å². The van der Waals surface area contributed by atoms with Gasteiger partial charge in [0.1, 0.15) is 16.5 Å². The van der Waals surface area contributed by atoms with Crippen molar-refractivity contribution >= 4 is 26.7 Å². The number of methoxy groups -OCH3 is 1. The van der Waals surface area contributed by atoms with Crippen LogP contribution in [0.15, 0.2) is 65.6 Å². The molecule has 1 unspecified atom stereocenters. The number of halogens is 1. The van der Waals surface area contributed by atoms with Crippen LogP contribution in [-0.4, -0.2) is 38.8 Å². The van der Waals surface area contributed by atoms with E-state index in [1.54, 1.807) is 0 Å². The number of hydrogen-bond acceptors (Lipinski definition) is 4. The summed E-state index contributed by atoms with van der Waals surface area (Å²) in [6, 6.07) is 17.3. The first-order valence-corrected chi connectivity index (χ1v) is 11.9. The number of benzene rings is 3. The number of sulfonamides is 1. The zero-order chi connectivity index (χ0) is 22.7. The van der Waals surface area contributed by atoms with Gasteiger partial charge >= 0.3 is 0 Å². The van der Waals surface area contributed by atoms with E-state index in [1.807, 2.05) is 42.5 Å². The van der Waals surface area contributed by atoms with Crippen molar-refractivity contribution in [3.8, 4) is 5.75 Å². The lowest BCUT2D eigenvalue weighted by molar-refractivity contribution is -0.126. The van der Waals surface area contributed by atoms with Crippen LogP contribution in [0.3, 0.4) is 0 Å². The molecular weight excluding hydrogens is 431 g/mol. The van der Waals surface area contributed by atoms with Crippen molar-refractivity contribution in [3.63, 3.8) is 0 Å². The fourth-order valence-corrected chi connectivity index (χ4v) is 5.83. The van der Waals surface area contributed by atoms with E-state index in [4.69, 9.17) is 4.74 Å². The lowest BCUT2D eigenvalue weighted by Gasteiger charge is -2.31. The Morgan fingerprint density at radius 1 is 1.16 bits per heavy atom. The number of rotatable bonds is 6. The Kier molecular flexibility index (Phi) is 6.43. The lowest BCUT2D eigenvalue weighted by Crippen LogP contribution is -2.45. The number of nitrogens with one attached hydrogen (secondary N) is 1. The summed E-state index contributed by atoms with van der Waals surface area (Å²) in [7, 11) is -2.66. The lowest BCUT2D eigenvalue weighted by atomic mass is 9.98. The highest BCUT2D eigenvalue weighted by Crippen LogP contribution is 2.30. The van der Waals surface area contributed by atoms with E-state index in [1.165, 1.54) is 17.5 Å². The minimum absolute atomic E-state index is 0.0450. The van der Waals surface area contributed by atoms with E-state index in [0.717, 1.165) is 28.5 Å². The van der Waals surface area contributed by atoms with Crippen molar-refractivity contribution in [2.75, 3.05) is 20.2 Å². The Morgan fingerprint density at radius 3 is 2.75 bits per heavy atom. The van der Waals surface area contributed by atoms with Crippen LogP contribution in [0.4, 0.5) is 4.39 Å². The number of nitrogens with zero attached hydrogens (tertiary/aromatic N) is 1. The highest BCUT2D eigenvalue weighted by Gasteiger charge is 2.35. The molecule has 0 aromatic heterocycles. The number of carbonyl (C=O) groups excluding carboxylic acids is 1. The predicted octanol–water partition coefficient (Wildman–Crippen LogP) is 3.70. The van der Waals surface area contributed by atoms with Gasteiger partial charge in [0, 0.05) is 19.6 Å². The Morgan fingerprint density at radius 2 is 1.94 bits per heavy atom. The average molecular weight is 457 g/mol. The molecule has 1 heterocycles. The molecule has 168 valence electrons. The van der Waals surface area contributed by atoms with Crippen molar-refractivity contribution in [2.24, 2.45) is 5.92 Å². The molecule has 4 rings (SSSR count). The van der Waals surface area contributed by atoms with Crippen LogP contribution in [0.2, 0.25) is 0 Å². The summed E-state index contributed by atoms with van der Waals surface area (Å²) in [4.78, 5) is 12.7. The predicted molar refractivity (Wildman–Crippen MR) is 120 cm³/mol. The Bertz CT molecular complexity index is 1240. The Hall–Kier alpha value is -2.97. The van der Waals surface area contributed by atoms with Crippen molar-refractivity contribution in [1.82, 2.24) is 9.62 Å². The second-order valence-corrected chi connectivity index (χ2v) is 9.76. The molecule has 1 saturated heterocycles. The molecule has 0 aliphatic carbocycles. The molecule has 6 nitrogen and oxygen atoms in total. The highest BCUT2D eigenvalue weighted by atomic mass is 32.2. The van der Waals surface area contributed by atoms with Gasteiger partial charge in [0.05, 0.1) is 13.0 Å². The molecule has 0 radical (unpaired) electrons. The van der Waals surface area contributed by atoms with Gasteiger partial charge < -0.3 is 10.1 Å². The van der Waals surface area contributed by atoms with Gasteiger partial charge in [-0.3, -0.25) is 4.79 Å². The van der Waals surface area contributed by atoms with Crippen molar-refractivity contribution in [2.45, 2.75) is 24.3 Å². The summed E-state index contributed by atoms with van der Waals surface area (Å²) in [5.41, 5.74) is 1.00. The van der Waals surface area contributed by atoms with Crippen molar-refractivity contribution < 1.29 is 22.3 Å². The second kappa shape index (κ2) is 9.26. The van der Waals surface area contributed by atoms with Crippen LogP contribution in [0.1, 0.15) is 18.4 Å². The number of carbonyl (C=O) groups is 1. The van der Waals surface area contributed by atoms with E-state index >= 15 is 0 Å². The van der Waals surface area contributed by atoms with Crippen LogP contribution in [0.5, 0.6) is 5.75 Å². The van der Waals surface area contributed by atoms with E-state index in [9.17, 15) is 17.6 Å². The molecule has 1 aliphatic heterocycles. The van der Waals surface area contributed by atoms with Crippen molar-refractivity contribution in [3.05, 3.63) is 72.0 Å². The maximum atomic E-state index is 13.8. The fraction of sp³-hybridized carbons (Fsp3) is 0.292. The molecule has 0 saturated carbocycles. The highest BCUT2D eigenvalue weighted by molar-refractivity contribution is 7.89. The summed E-state index contributed by atoms with van der Waals surface area (Å²) in [6.45, 7) is 0.680. The van der Waals surface area contributed by atoms with Crippen molar-refractivity contribution in [1.29, 1.82) is 0 Å². The van der Waals surface area contributed by atoms with E-state index in [2.05, 4.69) is 5.32 Å². The molecule has 3 aromatic rings. The third-order valence-corrected chi connectivity index (χ3v) is 7.72. The number of hydrogen-bond donors (Lipinski definition) is 1. The first-order chi connectivity index (χ1) is 15.4. The molecule has 8 heteroatoms. The van der Waals surface area contributed by atoms with E-state index < -0.39 is 21.8 Å². The van der Waals surface area contributed by atoms with Gasteiger partial charge in [0.2, 0.25) is 15.9 Å². The SMILES string of the molecule is COc1ccc(F)cc1S(=O)(=O)N1CCCC(C(=O)NCc2cccc3ccccc23)C1. The zero-order valence-corrected chi connectivity index (χ0v) is 18.6. The number of amides is 1. The van der Waals surface area contributed by atoms with E-state index in [0.29, 0.717) is 19.4 Å². The first kappa shape index (κ1) is 22.2. The molecule has 0 bridgehead atoms.